The van der Waals surface area contributed by atoms with E-state index >= 15 is 0 Å². The first-order valence-electron chi connectivity index (χ1n) is 7.83. The summed E-state index contributed by atoms with van der Waals surface area (Å²) in [4.78, 5) is 14.2. The number of aliphatic hydroxyl groups is 1. The summed E-state index contributed by atoms with van der Waals surface area (Å²) in [5, 5.41) is 27.2. The second-order valence-electron chi connectivity index (χ2n) is 6.17. The van der Waals surface area contributed by atoms with Crippen molar-refractivity contribution in [2.45, 2.75) is 19.4 Å². The van der Waals surface area contributed by atoms with Gasteiger partial charge >= 0.3 is 0 Å². The first-order chi connectivity index (χ1) is 11.5. The number of aliphatic hydroxyl groups excluding tert-OH is 1. The molecule has 1 aliphatic rings. The molecule has 3 N–H and O–H groups in total. The van der Waals surface area contributed by atoms with E-state index in [1.807, 2.05) is 13.0 Å². The number of carbonyl (C=O) groups is 1. The molecule has 1 aliphatic heterocycles. The highest BCUT2D eigenvalue weighted by Gasteiger charge is 2.35. The number of nitrogens with zero attached hydrogens (tertiary/aromatic N) is 2. The zero-order chi connectivity index (χ0) is 17.3. The molecule has 1 aromatic carbocycles. The minimum atomic E-state index is -0.585. The van der Waals surface area contributed by atoms with Crippen molar-refractivity contribution in [3.8, 4) is 11.5 Å². The minimum absolute atomic E-state index is 0.0523. The van der Waals surface area contributed by atoms with E-state index in [2.05, 4.69) is 10.2 Å². The van der Waals surface area contributed by atoms with Gasteiger partial charge < -0.3 is 19.8 Å². The maximum Gasteiger partial charge on any atom is 0.254 e. The van der Waals surface area contributed by atoms with E-state index in [1.54, 1.807) is 17.0 Å². The van der Waals surface area contributed by atoms with Gasteiger partial charge in [0.25, 0.3) is 5.91 Å². The number of aryl methyl sites for hydroxylation is 1. The Labute approximate surface area is 139 Å². The Morgan fingerprint density at radius 2 is 2.21 bits per heavy atom. The van der Waals surface area contributed by atoms with E-state index < -0.39 is 6.10 Å². The van der Waals surface area contributed by atoms with Gasteiger partial charge in [0.05, 0.1) is 18.9 Å². The molecule has 0 spiro atoms. The van der Waals surface area contributed by atoms with E-state index in [0.717, 1.165) is 11.4 Å². The van der Waals surface area contributed by atoms with Gasteiger partial charge in [0.2, 0.25) is 0 Å². The highest BCUT2D eigenvalue weighted by molar-refractivity contribution is 5.95. The molecular formula is C17H21N3O4. The lowest BCUT2D eigenvalue weighted by molar-refractivity contribution is 0.0764. The number of benzene rings is 1. The van der Waals surface area contributed by atoms with Gasteiger partial charge in [0.15, 0.2) is 11.5 Å². The van der Waals surface area contributed by atoms with Crippen LogP contribution in [0.25, 0.3) is 0 Å². The number of phenolic OH excluding ortho intramolecular Hbond substituents is 1. The van der Waals surface area contributed by atoms with Crippen LogP contribution in [0.2, 0.25) is 0 Å². The molecule has 24 heavy (non-hydrogen) atoms. The molecule has 3 rings (SSSR count). The molecular weight excluding hydrogens is 310 g/mol. The van der Waals surface area contributed by atoms with Crippen LogP contribution in [0.1, 0.15) is 21.7 Å². The number of aromatic hydroxyl groups is 1. The summed E-state index contributed by atoms with van der Waals surface area (Å²) in [5.41, 5.74) is 2.23. The van der Waals surface area contributed by atoms with Gasteiger partial charge in [-0.25, -0.2) is 0 Å². The van der Waals surface area contributed by atoms with Crippen LogP contribution in [0, 0.1) is 12.8 Å². The van der Waals surface area contributed by atoms with Crippen LogP contribution >= 0.6 is 0 Å². The highest BCUT2D eigenvalue weighted by Crippen LogP contribution is 2.28. The Balaban J connectivity index is 1.69. The topological polar surface area (TPSA) is 98.7 Å². The third kappa shape index (κ3) is 3.21. The SMILES string of the molecule is COc1ccc(C(=O)N2C[C@@H](Cc3cc(C)[nH]n3)[C@@H](O)C2)cc1O. The van der Waals surface area contributed by atoms with Crippen molar-refractivity contribution in [2.75, 3.05) is 20.2 Å². The van der Waals surface area contributed by atoms with Crippen LogP contribution in [0.4, 0.5) is 0 Å². The van der Waals surface area contributed by atoms with Crippen molar-refractivity contribution in [3.05, 3.63) is 41.2 Å². The molecule has 0 bridgehead atoms. The molecule has 2 aromatic rings. The van der Waals surface area contributed by atoms with Gasteiger partial charge in [-0.05, 0) is 37.6 Å². The van der Waals surface area contributed by atoms with Crippen molar-refractivity contribution < 1.29 is 19.7 Å². The molecule has 1 fully saturated rings. The summed E-state index contributed by atoms with van der Waals surface area (Å²) < 4.78 is 4.98. The predicted octanol–water partition coefficient (Wildman–Crippen LogP) is 1.11. The largest absolute Gasteiger partial charge is 0.504 e. The second-order valence-corrected chi connectivity index (χ2v) is 6.17. The summed E-state index contributed by atoms with van der Waals surface area (Å²) in [7, 11) is 1.45. The lowest BCUT2D eigenvalue weighted by Crippen LogP contribution is -2.29. The number of β-amino-alcohol motifs (C(OH)–C–C–N with tert-alkyl or cyclic N) is 1. The molecule has 7 nitrogen and oxygen atoms in total. The Hall–Kier alpha value is -2.54. The van der Waals surface area contributed by atoms with Crippen LogP contribution in [-0.4, -0.2) is 57.5 Å². The fraction of sp³-hybridized carbons (Fsp3) is 0.412. The fourth-order valence-corrected chi connectivity index (χ4v) is 3.07. The number of aromatic nitrogens is 2. The summed E-state index contributed by atoms with van der Waals surface area (Å²) in [6.07, 6.45) is 0.0289. The third-order valence-corrected chi connectivity index (χ3v) is 4.35. The van der Waals surface area contributed by atoms with Crippen molar-refractivity contribution in [1.82, 2.24) is 15.1 Å². The lowest BCUT2D eigenvalue weighted by Gasteiger charge is -2.16. The standard InChI is InChI=1S/C17H21N3O4/c1-10-5-13(19-18-10)6-12-8-20(9-15(12)22)17(23)11-3-4-16(24-2)14(21)7-11/h3-5,7,12,15,21-22H,6,8-9H2,1-2H3,(H,18,19)/t12-,15+/m1/s1. The molecule has 0 unspecified atom stereocenters. The zero-order valence-electron chi connectivity index (χ0n) is 13.7. The number of H-pyrrole nitrogens is 1. The Kier molecular flexibility index (Phi) is 4.44. The molecule has 128 valence electrons. The Morgan fingerprint density at radius 3 is 2.83 bits per heavy atom. The van der Waals surface area contributed by atoms with E-state index in [9.17, 15) is 15.0 Å². The molecule has 7 heteroatoms. The predicted molar refractivity (Wildman–Crippen MR) is 87.1 cm³/mol. The van der Waals surface area contributed by atoms with Gasteiger partial charge in [-0.1, -0.05) is 0 Å². The first kappa shape index (κ1) is 16.3. The summed E-state index contributed by atoms with van der Waals surface area (Å²) in [6, 6.07) is 6.49. The normalized spacial score (nSPS) is 20.4. The Bertz CT molecular complexity index is 743. The van der Waals surface area contributed by atoms with E-state index in [1.165, 1.54) is 13.2 Å². The molecule has 2 heterocycles. The molecule has 1 amide bonds. The first-order valence-corrected chi connectivity index (χ1v) is 7.83. The summed E-state index contributed by atoms with van der Waals surface area (Å²) in [6.45, 7) is 2.66. The number of amides is 1. The van der Waals surface area contributed by atoms with Gasteiger partial charge in [-0.15, -0.1) is 0 Å². The molecule has 1 saturated heterocycles. The molecule has 0 radical (unpaired) electrons. The monoisotopic (exact) mass is 331 g/mol. The van der Waals surface area contributed by atoms with Crippen molar-refractivity contribution in [1.29, 1.82) is 0 Å². The number of rotatable bonds is 4. The number of phenols is 1. The average molecular weight is 331 g/mol. The molecule has 2 atom stereocenters. The van der Waals surface area contributed by atoms with Gasteiger partial charge in [0, 0.05) is 30.3 Å². The number of likely N-dealkylation sites (tertiary alicyclic amines) is 1. The van der Waals surface area contributed by atoms with Crippen molar-refractivity contribution >= 4 is 5.91 Å². The van der Waals surface area contributed by atoms with Crippen LogP contribution in [0.15, 0.2) is 24.3 Å². The lowest BCUT2D eigenvalue weighted by atomic mass is 10.0. The van der Waals surface area contributed by atoms with E-state index in [0.29, 0.717) is 24.3 Å². The third-order valence-electron chi connectivity index (χ3n) is 4.35. The van der Waals surface area contributed by atoms with E-state index in [-0.39, 0.29) is 24.1 Å². The number of carbonyl (C=O) groups excluding carboxylic acids is 1. The smallest absolute Gasteiger partial charge is 0.254 e. The maximum atomic E-state index is 12.6. The number of nitrogens with one attached hydrogen (secondary N) is 1. The number of ether oxygens (including phenoxy) is 1. The van der Waals surface area contributed by atoms with E-state index in [4.69, 9.17) is 4.74 Å². The molecule has 0 saturated carbocycles. The van der Waals surface area contributed by atoms with Crippen LogP contribution in [0.3, 0.4) is 0 Å². The van der Waals surface area contributed by atoms with Gasteiger partial charge in [0.1, 0.15) is 0 Å². The number of hydrogen-bond acceptors (Lipinski definition) is 5. The maximum absolute atomic E-state index is 12.6. The fourth-order valence-electron chi connectivity index (χ4n) is 3.07. The highest BCUT2D eigenvalue weighted by atomic mass is 16.5. The summed E-state index contributed by atoms with van der Waals surface area (Å²) >= 11 is 0. The van der Waals surface area contributed by atoms with Crippen molar-refractivity contribution in [3.63, 3.8) is 0 Å². The average Bonchev–Trinajstić information content (AvgIpc) is 3.13. The van der Waals surface area contributed by atoms with Crippen LogP contribution < -0.4 is 4.74 Å². The number of hydrogen-bond donors (Lipinski definition) is 3. The van der Waals surface area contributed by atoms with Gasteiger partial charge in [-0.3, -0.25) is 9.89 Å². The van der Waals surface area contributed by atoms with Gasteiger partial charge in [-0.2, -0.15) is 5.10 Å². The number of aromatic amines is 1. The van der Waals surface area contributed by atoms with Crippen LogP contribution in [-0.2, 0) is 6.42 Å². The van der Waals surface area contributed by atoms with Crippen LogP contribution in [0.5, 0.6) is 11.5 Å². The zero-order valence-corrected chi connectivity index (χ0v) is 13.7. The second kappa shape index (κ2) is 6.52. The quantitative estimate of drug-likeness (QED) is 0.779. The minimum Gasteiger partial charge on any atom is -0.504 e. The van der Waals surface area contributed by atoms with Crippen molar-refractivity contribution in [2.24, 2.45) is 5.92 Å². The Morgan fingerprint density at radius 1 is 1.42 bits per heavy atom. The summed E-state index contributed by atoms with van der Waals surface area (Å²) in [5.74, 6) is -0.0253. The number of methoxy groups -OCH3 is 1. The molecule has 0 aliphatic carbocycles. The molecule has 1 aromatic heterocycles.